The zero-order valence-corrected chi connectivity index (χ0v) is 14.2. The number of halogens is 1. The molecule has 2 amide bonds. The van der Waals surface area contributed by atoms with Gasteiger partial charge in [-0.2, -0.15) is 0 Å². The number of nitrogens with two attached hydrogens (primary N) is 1. The third-order valence-electron chi connectivity index (χ3n) is 3.74. The summed E-state index contributed by atoms with van der Waals surface area (Å²) in [6.07, 6.45) is 1.04. The summed E-state index contributed by atoms with van der Waals surface area (Å²) >= 11 is 0. The highest BCUT2D eigenvalue weighted by Crippen LogP contribution is 2.21. The number of carbonyl (C=O) groups excluding carboxylic acids is 2. The summed E-state index contributed by atoms with van der Waals surface area (Å²) in [5.41, 5.74) is 7.50. The smallest absolute Gasteiger partial charge is 0.254 e. The highest BCUT2D eigenvalue weighted by molar-refractivity contribution is 5.99. The summed E-state index contributed by atoms with van der Waals surface area (Å²) in [5, 5.41) is 2.85. The molecular weight excluding hydrogens is 318 g/mol. The Hall–Kier alpha value is -1.63. The predicted octanol–water partition coefficient (Wildman–Crippen LogP) is 1.57. The van der Waals surface area contributed by atoms with Gasteiger partial charge in [0.1, 0.15) is 0 Å². The zero-order valence-electron chi connectivity index (χ0n) is 13.3. The Morgan fingerprint density at radius 3 is 2.65 bits per heavy atom. The number of amides is 2. The van der Waals surface area contributed by atoms with E-state index in [1.807, 2.05) is 13.0 Å². The molecule has 6 nitrogen and oxygen atoms in total. The first-order valence-electron chi connectivity index (χ1n) is 7.60. The molecule has 0 aliphatic carbocycles. The number of nitrogens with zero attached hydrogens (tertiary/aromatic N) is 1. The molecule has 1 aromatic carbocycles. The minimum absolute atomic E-state index is 0. The van der Waals surface area contributed by atoms with Crippen molar-refractivity contribution in [2.45, 2.75) is 19.8 Å². The van der Waals surface area contributed by atoms with Crippen molar-refractivity contribution < 1.29 is 14.3 Å². The van der Waals surface area contributed by atoms with Gasteiger partial charge in [-0.25, -0.2) is 0 Å². The van der Waals surface area contributed by atoms with Gasteiger partial charge in [0.15, 0.2) is 0 Å². The average Bonchev–Trinajstić information content (AvgIpc) is 2.55. The first-order chi connectivity index (χ1) is 10.6. The SMILES string of the molecule is Cc1c(NC(=O)CCCN)cccc1C(=O)N1CCOCC1.Cl. The Balaban J connectivity index is 0.00000264. The van der Waals surface area contributed by atoms with E-state index in [0.717, 1.165) is 5.56 Å². The van der Waals surface area contributed by atoms with Crippen LogP contribution in [0.4, 0.5) is 5.69 Å². The van der Waals surface area contributed by atoms with Crippen molar-refractivity contribution in [3.63, 3.8) is 0 Å². The normalized spacial score (nSPS) is 14.1. The molecule has 1 aliphatic rings. The number of rotatable bonds is 5. The number of carbonyl (C=O) groups is 2. The molecule has 1 fully saturated rings. The lowest BCUT2D eigenvalue weighted by atomic mass is 10.0. The summed E-state index contributed by atoms with van der Waals surface area (Å²) in [5.74, 6) is -0.0941. The molecule has 1 heterocycles. The van der Waals surface area contributed by atoms with Gasteiger partial charge in [-0.1, -0.05) is 6.07 Å². The van der Waals surface area contributed by atoms with Crippen LogP contribution < -0.4 is 11.1 Å². The molecule has 7 heteroatoms. The largest absolute Gasteiger partial charge is 0.378 e. The van der Waals surface area contributed by atoms with Gasteiger partial charge in [-0.3, -0.25) is 9.59 Å². The van der Waals surface area contributed by atoms with Crippen molar-refractivity contribution in [1.82, 2.24) is 4.90 Å². The van der Waals surface area contributed by atoms with Crippen molar-refractivity contribution in [2.24, 2.45) is 5.73 Å². The van der Waals surface area contributed by atoms with E-state index >= 15 is 0 Å². The molecule has 23 heavy (non-hydrogen) atoms. The maximum atomic E-state index is 12.6. The Labute approximate surface area is 142 Å². The topological polar surface area (TPSA) is 84.7 Å². The van der Waals surface area contributed by atoms with Gasteiger partial charge in [0.25, 0.3) is 5.91 Å². The second kappa shape index (κ2) is 9.50. The monoisotopic (exact) mass is 341 g/mol. The summed E-state index contributed by atoms with van der Waals surface area (Å²) in [6.45, 7) is 4.69. The third kappa shape index (κ3) is 5.20. The van der Waals surface area contributed by atoms with Gasteiger partial charge < -0.3 is 20.7 Å². The second-order valence-corrected chi connectivity index (χ2v) is 5.32. The number of ether oxygens (including phenoxy) is 1. The lowest BCUT2D eigenvalue weighted by molar-refractivity contribution is -0.116. The predicted molar refractivity (Wildman–Crippen MR) is 92.1 cm³/mol. The fourth-order valence-corrected chi connectivity index (χ4v) is 2.41. The first kappa shape index (κ1) is 19.4. The van der Waals surface area contributed by atoms with Gasteiger partial charge in [0.2, 0.25) is 5.91 Å². The molecule has 3 N–H and O–H groups in total. The molecule has 1 aromatic rings. The Kier molecular flexibility index (Phi) is 8.02. The minimum atomic E-state index is -0.0791. The van der Waals surface area contributed by atoms with Crippen LogP contribution in [0.25, 0.3) is 0 Å². The van der Waals surface area contributed by atoms with Crippen molar-refractivity contribution >= 4 is 29.9 Å². The van der Waals surface area contributed by atoms with Crippen molar-refractivity contribution in [1.29, 1.82) is 0 Å². The fraction of sp³-hybridized carbons (Fsp3) is 0.500. The van der Waals surface area contributed by atoms with Crippen molar-refractivity contribution in [3.8, 4) is 0 Å². The Bertz CT molecular complexity index is 545. The van der Waals surface area contributed by atoms with Gasteiger partial charge >= 0.3 is 0 Å². The van der Waals surface area contributed by atoms with Crippen LogP contribution in [-0.4, -0.2) is 49.6 Å². The molecule has 1 saturated heterocycles. The molecule has 0 unspecified atom stereocenters. The van der Waals surface area contributed by atoms with E-state index in [-0.39, 0.29) is 24.2 Å². The molecule has 2 rings (SSSR count). The highest BCUT2D eigenvalue weighted by atomic mass is 35.5. The van der Waals surface area contributed by atoms with Crippen LogP contribution in [0, 0.1) is 6.92 Å². The van der Waals surface area contributed by atoms with Gasteiger partial charge in [0.05, 0.1) is 13.2 Å². The van der Waals surface area contributed by atoms with E-state index in [9.17, 15) is 9.59 Å². The minimum Gasteiger partial charge on any atom is -0.378 e. The number of nitrogens with one attached hydrogen (secondary N) is 1. The van der Waals surface area contributed by atoms with Gasteiger partial charge in [0, 0.05) is 30.8 Å². The quantitative estimate of drug-likeness (QED) is 0.851. The lowest BCUT2D eigenvalue weighted by Crippen LogP contribution is -2.41. The molecule has 1 aliphatic heterocycles. The van der Waals surface area contributed by atoms with Crippen LogP contribution in [0.1, 0.15) is 28.8 Å². The molecular formula is C16H24ClN3O3. The summed E-state index contributed by atoms with van der Waals surface area (Å²) in [4.78, 5) is 26.2. The van der Waals surface area contributed by atoms with Crippen LogP contribution in [0.5, 0.6) is 0 Å². The molecule has 0 saturated carbocycles. The van der Waals surface area contributed by atoms with Crippen molar-refractivity contribution in [3.05, 3.63) is 29.3 Å². The van der Waals surface area contributed by atoms with E-state index < -0.39 is 0 Å². The summed E-state index contributed by atoms with van der Waals surface area (Å²) < 4.78 is 5.27. The van der Waals surface area contributed by atoms with Crippen LogP contribution in [0.3, 0.4) is 0 Å². The molecule has 0 aromatic heterocycles. The second-order valence-electron chi connectivity index (χ2n) is 5.32. The molecule has 0 spiro atoms. The zero-order chi connectivity index (χ0) is 15.9. The number of anilines is 1. The molecule has 128 valence electrons. The summed E-state index contributed by atoms with van der Waals surface area (Å²) in [6, 6.07) is 5.40. The third-order valence-corrected chi connectivity index (χ3v) is 3.74. The van der Waals surface area contributed by atoms with Crippen LogP contribution in [0.2, 0.25) is 0 Å². The maximum absolute atomic E-state index is 12.6. The molecule has 0 bridgehead atoms. The Morgan fingerprint density at radius 1 is 1.30 bits per heavy atom. The average molecular weight is 342 g/mol. The number of hydrogen-bond donors (Lipinski definition) is 2. The highest BCUT2D eigenvalue weighted by Gasteiger charge is 2.21. The van der Waals surface area contributed by atoms with Crippen LogP contribution >= 0.6 is 12.4 Å². The summed E-state index contributed by atoms with van der Waals surface area (Å²) in [7, 11) is 0. The van der Waals surface area contributed by atoms with Crippen LogP contribution in [-0.2, 0) is 9.53 Å². The standard InChI is InChI=1S/C16H23N3O3.ClH/c1-12-13(16(21)19-8-10-22-11-9-19)4-2-5-14(12)18-15(20)6-3-7-17;/h2,4-5H,3,6-11,17H2,1H3,(H,18,20);1H. The van der Waals surface area contributed by atoms with E-state index in [0.29, 0.717) is 56.9 Å². The van der Waals surface area contributed by atoms with E-state index in [4.69, 9.17) is 10.5 Å². The first-order valence-corrected chi connectivity index (χ1v) is 7.60. The van der Waals surface area contributed by atoms with Crippen molar-refractivity contribution in [2.75, 3.05) is 38.2 Å². The van der Waals surface area contributed by atoms with Gasteiger partial charge in [-0.05, 0) is 37.6 Å². The van der Waals surface area contributed by atoms with Crippen LogP contribution in [0.15, 0.2) is 18.2 Å². The number of benzene rings is 1. The molecule has 0 radical (unpaired) electrons. The Morgan fingerprint density at radius 2 is 2.00 bits per heavy atom. The maximum Gasteiger partial charge on any atom is 0.254 e. The van der Waals surface area contributed by atoms with E-state index in [2.05, 4.69) is 5.32 Å². The number of hydrogen-bond acceptors (Lipinski definition) is 4. The van der Waals surface area contributed by atoms with Gasteiger partial charge in [-0.15, -0.1) is 12.4 Å². The molecule has 0 atom stereocenters. The van der Waals surface area contributed by atoms with E-state index in [1.165, 1.54) is 0 Å². The lowest BCUT2D eigenvalue weighted by Gasteiger charge is -2.27. The number of morpholine rings is 1. The fourth-order valence-electron chi connectivity index (χ4n) is 2.41. The van der Waals surface area contributed by atoms with E-state index in [1.54, 1.807) is 17.0 Å².